The number of nitrogens with zero attached hydrogens (tertiary/aromatic N) is 1. The van der Waals surface area contributed by atoms with Crippen LogP contribution in [0.4, 0.5) is 0 Å². The second-order valence-electron chi connectivity index (χ2n) is 3.86. The first-order valence-electron chi connectivity index (χ1n) is 5.33. The van der Waals surface area contributed by atoms with Gasteiger partial charge in [-0.3, -0.25) is 9.78 Å². The molecule has 16 heavy (non-hydrogen) atoms. The average molecular weight is 222 g/mol. The van der Waals surface area contributed by atoms with Gasteiger partial charge in [-0.25, -0.2) is 0 Å². The minimum Gasteiger partial charge on any atom is -0.469 e. The summed E-state index contributed by atoms with van der Waals surface area (Å²) in [6.45, 7) is 5.23. The Kier molecular flexibility index (Phi) is 4.92. The highest BCUT2D eigenvalue weighted by atomic mass is 16.5. The van der Waals surface area contributed by atoms with Gasteiger partial charge in [-0.15, -0.1) is 0 Å². The third kappa shape index (κ3) is 3.62. The maximum Gasteiger partial charge on any atom is 0.309 e. The first kappa shape index (κ1) is 12.6. The zero-order chi connectivity index (χ0) is 12.0. The third-order valence-electron chi connectivity index (χ3n) is 2.51. The highest BCUT2D eigenvalue weighted by Gasteiger charge is 2.11. The zero-order valence-electron chi connectivity index (χ0n) is 9.99. The van der Waals surface area contributed by atoms with Gasteiger partial charge in [0, 0.05) is 25.5 Å². The molecular formula is C12H18N2O2. The summed E-state index contributed by atoms with van der Waals surface area (Å²) in [6.07, 6.45) is 3.61. The van der Waals surface area contributed by atoms with Crippen molar-refractivity contribution in [3.05, 3.63) is 29.6 Å². The van der Waals surface area contributed by atoms with E-state index in [0.717, 1.165) is 12.1 Å². The van der Waals surface area contributed by atoms with Crippen LogP contribution in [-0.2, 0) is 16.1 Å². The Morgan fingerprint density at radius 1 is 1.62 bits per heavy atom. The largest absolute Gasteiger partial charge is 0.469 e. The van der Waals surface area contributed by atoms with Gasteiger partial charge in [0.05, 0.1) is 13.0 Å². The highest BCUT2D eigenvalue weighted by Crippen LogP contribution is 2.04. The van der Waals surface area contributed by atoms with Crippen molar-refractivity contribution in [3.8, 4) is 0 Å². The summed E-state index contributed by atoms with van der Waals surface area (Å²) in [5.41, 5.74) is 2.35. The Labute approximate surface area is 96.0 Å². The van der Waals surface area contributed by atoms with Crippen molar-refractivity contribution < 1.29 is 9.53 Å². The van der Waals surface area contributed by atoms with Gasteiger partial charge in [0.2, 0.25) is 0 Å². The van der Waals surface area contributed by atoms with Gasteiger partial charge in [-0.1, -0.05) is 6.92 Å². The molecule has 88 valence electrons. The van der Waals surface area contributed by atoms with Crippen LogP contribution in [0, 0.1) is 12.8 Å². The Morgan fingerprint density at radius 2 is 2.38 bits per heavy atom. The first-order chi connectivity index (χ1) is 7.65. The summed E-state index contributed by atoms with van der Waals surface area (Å²) in [5, 5.41) is 3.23. The Hall–Kier alpha value is -1.42. The lowest BCUT2D eigenvalue weighted by atomic mass is 10.1. The van der Waals surface area contributed by atoms with Gasteiger partial charge in [-0.2, -0.15) is 0 Å². The second kappa shape index (κ2) is 6.23. The molecular weight excluding hydrogens is 204 g/mol. The molecule has 1 rings (SSSR count). The molecule has 1 heterocycles. The molecule has 0 spiro atoms. The SMILES string of the molecule is COC(=O)C(C)CNCc1ccncc1C. The van der Waals surface area contributed by atoms with E-state index in [1.807, 2.05) is 26.1 Å². The molecule has 0 aliphatic heterocycles. The van der Waals surface area contributed by atoms with Gasteiger partial charge in [0.25, 0.3) is 0 Å². The smallest absolute Gasteiger partial charge is 0.309 e. The van der Waals surface area contributed by atoms with Crippen molar-refractivity contribution in [2.24, 2.45) is 5.92 Å². The third-order valence-corrected chi connectivity index (χ3v) is 2.51. The Bertz CT molecular complexity index is 353. The van der Waals surface area contributed by atoms with E-state index in [-0.39, 0.29) is 11.9 Å². The van der Waals surface area contributed by atoms with Crippen molar-refractivity contribution in [2.45, 2.75) is 20.4 Å². The van der Waals surface area contributed by atoms with E-state index in [1.54, 1.807) is 6.20 Å². The molecule has 0 saturated heterocycles. The van der Waals surface area contributed by atoms with Crippen LogP contribution in [-0.4, -0.2) is 24.6 Å². The van der Waals surface area contributed by atoms with Crippen LogP contribution >= 0.6 is 0 Å². The van der Waals surface area contributed by atoms with E-state index in [0.29, 0.717) is 6.54 Å². The number of hydrogen-bond donors (Lipinski definition) is 1. The van der Waals surface area contributed by atoms with Crippen molar-refractivity contribution in [1.29, 1.82) is 0 Å². The summed E-state index contributed by atoms with van der Waals surface area (Å²) in [7, 11) is 1.41. The number of methoxy groups -OCH3 is 1. The summed E-state index contributed by atoms with van der Waals surface area (Å²) in [5.74, 6) is -0.300. The standard InChI is InChI=1S/C12H18N2O2/c1-9-6-13-5-4-11(9)8-14-7-10(2)12(15)16-3/h4-6,10,14H,7-8H2,1-3H3. The number of nitrogens with one attached hydrogen (secondary N) is 1. The molecule has 1 N–H and O–H groups in total. The lowest BCUT2D eigenvalue weighted by Crippen LogP contribution is -2.27. The number of esters is 1. The molecule has 1 aromatic heterocycles. The molecule has 0 radical (unpaired) electrons. The topological polar surface area (TPSA) is 51.2 Å². The van der Waals surface area contributed by atoms with Crippen LogP contribution in [0.5, 0.6) is 0 Å². The number of hydrogen-bond acceptors (Lipinski definition) is 4. The van der Waals surface area contributed by atoms with E-state index in [2.05, 4.69) is 15.0 Å². The van der Waals surface area contributed by atoms with Crippen LogP contribution < -0.4 is 5.32 Å². The predicted molar refractivity (Wildman–Crippen MR) is 61.9 cm³/mol. The van der Waals surface area contributed by atoms with Crippen LogP contribution in [0.3, 0.4) is 0 Å². The summed E-state index contributed by atoms with van der Waals surface area (Å²) in [6, 6.07) is 1.98. The maximum atomic E-state index is 11.1. The van der Waals surface area contributed by atoms with E-state index in [4.69, 9.17) is 0 Å². The Morgan fingerprint density at radius 3 is 3.00 bits per heavy atom. The van der Waals surface area contributed by atoms with Crippen molar-refractivity contribution in [1.82, 2.24) is 10.3 Å². The molecule has 0 aromatic carbocycles. The number of rotatable bonds is 5. The van der Waals surface area contributed by atoms with Crippen LogP contribution in [0.1, 0.15) is 18.1 Å². The van der Waals surface area contributed by atoms with Crippen LogP contribution in [0.2, 0.25) is 0 Å². The van der Waals surface area contributed by atoms with Gasteiger partial charge in [0.15, 0.2) is 0 Å². The first-order valence-corrected chi connectivity index (χ1v) is 5.33. The molecule has 0 aliphatic rings. The van der Waals surface area contributed by atoms with Gasteiger partial charge in [0.1, 0.15) is 0 Å². The summed E-state index contributed by atoms with van der Waals surface area (Å²) >= 11 is 0. The number of ether oxygens (including phenoxy) is 1. The fourth-order valence-corrected chi connectivity index (χ4v) is 1.41. The quantitative estimate of drug-likeness (QED) is 0.763. The van der Waals surface area contributed by atoms with Crippen LogP contribution in [0.25, 0.3) is 0 Å². The van der Waals surface area contributed by atoms with Crippen molar-refractivity contribution >= 4 is 5.97 Å². The normalized spacial score (nSPS) is 12.2. The molecule has 4 nitrogen and oxygen atoms in total. The van der Waals surface area contributed by atoms with Crippen molar-refractivity contribution in [2.75, 3.05) is 13.7 Å². The maximum absolute atomic E-state index is 11.1. The number of pyridine rings is 1. The average Bonchev–Trinajstić information content (AvgIpc) is 2.30. The molecule has 0 fully saturated rings. The number of carbonyl (C=O) groups excluding carboxylic acids is 1. The van der Waals surface area contributed by atoms with E-state index in [1.165, 1.54) is 12.7 Å². The van der Waals surface area contributed by atoms with E-state index >= 15 is 0 Å². The van der Waals surface area contributed by atoms with Crippen molar-refractivity contribution in [3.63, 3.8) is 0 Å². The lowest BCUT2D eigenvalue weighted by Gasteiger charge is -2.11. The van der Waals surface area contributed by atoms with Gasteiger partial charge in [-0.05, 0) is 24.1 Å². The zero-order valence-corrected chi connectivity index (χ0v) is 9.99. The molecule has 0 saturated carbocycles. The second-order valence-corrected chi connectivity index (χ2v) is 3.86. The molecule has 0 aliphatic carbocycles. The molecule has 4 heteroatoms. The summed E-state index contributed by atoms with van der Waals surface area (Å²) in [4.78, 5) is 15.2. The predicted octanol–water partition coefficient (Wildman–Crippen LogP) is 1.29. The number of carbonyl (C=O) groups is 1. The fraction of sp³-hybridized carbons (Fsp3) is 0.500. The van der Waals surface area contributed by atoms with Gasteiger partial charge < -0.3 is 10.1 Å². The number of aryl methyl sites for hydroxylation is 1. The van der Waals surface area contributed by atoms with Gasteiger partial charge >= 0.3 is 5.97 Å². The summed E-state index contributed by atoms with van der Waals surface area (Å²) < 4.78 is 4.65. The van der Waals surface area contributed by atoms with E-state index < -0.39 is 0 Å². The molecule has 0 amide bonds. The lowest BCUT2D eigenvalue weighted by molar-refractivity contribution is -0.144. The molecule has 1 atom stereocenters. The highest BCUT2D eigenvalue weighted by molar-refractivity contribution is 5.72. The fourth-order valence-electron chi connectivity index (χ4n) is 1.41. The molecule has 1 unspecified atom stereocenters. The molecule has 1 aromatic rings. The monoisotopic (exact) mass is 222 g/mol. The van der Waals surface area contributed by atoms with E-state index in [9.17, 15) is 4.79 Å². The van der Waals surface area contributed by atoms with Crippen LogP contribution in [0.15, 0.2) is 18.5 Å². The minimum atomic E-state index is -0.182. The number of aromatic nitrogens is 1. The molecule has 0 bridgehead atoms. The minimum absolute atomic E-state index is 0.118. The Balaban J connectivity index is 2.36.